The van der Waals surface area contributed by atoms with Gasteiger partial charge in [-0.1, -0.05) is 17.3 Å². The molecule has 0 radical (unpaired) electrons. The fraction of sp³-hybridized carbons (Fsp3) is 0.400. The third-order valence-electron chi connectivity index (χ3n) is 4.03. The normalized spacial score (nSPS) is 15.2. The zero-order chi connectivity index (χ0) is 16.9. The molecule has 0 saturated carbocycles. The van der Waals surface area contributed by atoms with E-state index < -0.39 is 4.92 Å². The minimum Gasteiger partial charge on any atom is -0.347 e. The van der Waals surface area contributed by atoms with Gasteiger partial charge in [-0.3, -0.25) is 14.9 Å². The van der Waals surface area contributed by atoms with Crippen LogP contribution in [0.2, 0.25) is 0 Å². The molecule has 9 nitrogen and oxygen atoms in total. The first kappa shape index (κ1) is 16.1. The van der Waals surface area contributed by atoms with Gasteiger partial charge in [0.15, 0.2) is 5.69 Å². The molecule has 3 rings (SSSR count). The molecule has 1 aromatic carbocycles. The first-order valence-corrected chi connectivity index (χ1v) is 7.77. The molecule has 0 bridgehead atoms. The van der Waals surface area contributed by atoms with Gasteiger partial charge in [-0.15, -0.1) is 5.10 Å². The Balaban J connectivity index is 1.56. The van der Waals surface area contributed by atoms with Crippen molar-refractivity contribution in [1.29, 1.82) is 0 Å². The number of carbonyl (C=O) groups is 1. The predicted octanol–water partition coefficient (Wildman–Crippen LogP) is 1.04. The molecule has 126 valence electrons. The van der Waals surface area contributed by atoms with E-state index in [1.54, 1.807) is 23.0 Å². The number of non-ortho nitro benzene ring substituents is 1. The van der Waals surface area contributed by atoms with Gasteiger partial charge in [-0.2, -0.15) is 0 Å². The molecule has 0 unspecified atom stereocenters. The highest BCUT2D eigenvalue weighted by Crippen LogP contribution is 2.17. The average Bonchev–Trinajstić information content (AvgIpc) is 3.11. The third kappa shape index (κ3) is 3.74. The van der Waals surface area contributed by atoms with Crippen LogP contribution >= 0.6 is 0 Å². The van der Waals surface area contributed by atoms with Gasteiger partial charge >= 0.3 is 0 Å². The summed E-state index contributed by atoms with van der Waals surface area (Å²) in [6.07, 6.45) is 3.60. The van der Waals surface area contributed by atoms with E-state index in [4.69, 9.17) is 0 Å². The molecule has 0 spiro atoms. The largest absolute Gasteiger partial charge is 0.347 e. The molecule has 0 atom stereocenters. The summed E-state index contributed by atoms with van der Waals surface area (Å²) in [5.41, 5.74) is 1.07. The van der Waals surface area contributed by atoms with E-state index in [0.717, 1.165) is 31.5 Å². The van der Waals surface area contributed by atoms with Crippen LogP contribution in [0.15, 0.2) is 30.5 Å². The van der Waals surface area contributed by atoms with E-state index in [2.05, 4.69) is 20.9 Å². The van der Waals surface area contributed by atoms with E-state index in [1.165, 1.54) is 12.1 Å². The van der Waals surface area contributed by atoms with Crippen molar-refractivity contribution in [3.05, 3.63) is 51.8 Å². The maximum absolute atomic E-state index is 12.1. The minimum atomic E-state index is -0.457. The van der Waals surface area contributed by atoms with Gasteiger partial charge in [-0.25, -0.2) is 4.68 Å². The van der Waals surface area contributed by atoms with Crippen molar-refractivity contribution < 1.29 is 9.72 Å². The van der Waals surface area contributed by atoms with Gasteiger partial charge in [0.05, 0.1) is 17.2 Å². The first-order valence-electron chi connectivity index (χ1n) is 7.77. The Bertz CT molecular complexity index is 721. The second-order valence-electron chi connectivity index (χ2n) is 5.67. The standard InChI is InChI=1S/C15H18N6O3/c22-15(17-9-11-1-3-13(4-2-11)21(23)24)14-10-20(19-18-14)12-5-7-16-8-6-12/h1-4,10,12,16H,5-9H2,(H,17,22). The highest BCUT2D eigenvalue weighted by atomic mass is 16.6. The van der Waals surface area contributed by atoms with Crippen LogP contribution < -0.4 is 10.6 Å². The number of nitrogens with one attached hydrogen (secondary N) is 2. The van der Waals surface area contributed by atoms with Crippen LogP contribution in [-0.4, -0.2) is 38.9 Å². The summed E-state index contributed by atoms with van der Waals surface area (Å²) in [5, 5.41) is 24.6. The molecule has 1 fully saturated rings. The van der Waals surface area contributed by atoms with Crippen LogP contribution in [0.5, 0.6) is 0 Å². The van der Waals surface area contributed by atoms with Crippen LogP contribution in [0.25, 0.3) is 0 Å². The Morgan fingerprint density at radius 3 is 2.71 bits per heavy atom. The van der Waals surface area contributed by atoms with E-state index in [1.807, 2.05) is 0 Å². The molecule has 1 saturated heterocycles. The zero-order valence-electron chi connectivity index (χ0n) is 13.0. The summed E-state index contributed by atoms with van der Waals surface area (Å²) < 4.78 is 1.75. The number of aromatic nitrogens is 3. The SMILES string of the molecule is O=C(NCc1ccc([N+](=O)[O-])cc1)c1cn(C2CCNCC2)nn1. The van der Waals surface area contributed by atoms with Crippen LogP contribution in [0, 0.1) is 10.1 Å². The van der Waals surface area contributed by atoms with Crippen molar-refractivity contribution in [2.24, 2.45) is 0 Å². The molecular weight excluding hydrogens is 312 g/mol. The van der Waals surface area contributed by atoms with Crippen molar-refractivity contribution in [2.45, 2.75) is 25.4 Å². The number of nitrogens with zero attached hydrogens (tertiary/aromatic N) is 4. The Kier molecular flexibility index (Phi) is 4.80. The zero-order valence-corrected chi connectivity index (χ0v) is 13.0. The molecule has 1 aliphatic rings. The molecule has 2 heterocycles. The fourth-order valence-corrected chi connectivity index (χ4v) is 2.64. The summed E-state index contributed by atoms with van der Waals surface area (Å²) in [7, 11) is 0. The smallest absolute Gasteiger partial charge is 0.273 e. The highest BCUT2D eigenvalue weighted by Gasteiger charge is 2.18. The van der Waals surface area contributed by atoms with Gasteiger partial charge in [0.25, 0.3) is 11.6 Å². The summed E-state index contributed by atoms with van der Waals surface area (Å²) in [4.78, 5) is 22.3. The summed E-state index contributed by atoms with van der Waals surface area (Å²) in [6.45, 7) is 2.15. The van der Waals surface area contributed by atoms with E-state index in [-0.39, 0.29) is 29.9 Å². The highest BCUT2D eigenvalue weighted by molar-refractivity contribution is 5.91. The number of carbonyl (C=O) groups excluding carboxylic acids is 1. The molecule has 1 amide bonds. The topological polar surface area (TPSA) is 115 Å². The molecule has 2 aromatic rings. The number of amides is 1. The Labute approximate surface area is 138 Å². The number of hydrogen-bond acceptors (Lipinski definition) is 6. The summed E-state index contributed by atoms with van der Waals surface area (Å²) >= 11 is 0. The number of piperidine rings is 1. The van der Waals surface area contributed by atoms with Crippen molar-refractivity contribution in [1.82, 2.24) is 25.6 Å². The van der Waals surface area contributed by atoms with Crippen LogP contribution in [-0.2, 0) is 6.54 Å². The van der Waals surface area contributed by atoms with Crippen LogP contribution in [0.3, 0.4) is 0 Å². The quantitative estimate of drug-likeness (QED) is 0.625. The maximum atomic E-state index is 12.1. The lowest BCUT2D eigenvalue weighted by Gasteiger charge is -2.22. The molecule has 9 heteroatoms. The van der Waals surface area contributed by atoms with Crippen molar-refractivity contribution in [3.8, 4) is 0 Å². The molecule has 1 aromatic heterocycles. The number of nitro benzene ring substituents is 1. The number of rotatable bonds is 5. The van der Waals surface area contributed by atoms with Crippen molar-refractivity contribution in [2.75, 3.05) is 13.1 Å². The maximum Gasteiger partial charge on any atom is 0.273 e. The first-order chi connectivity index (χ1) is 11.6. The Morgan fingerprint density at radius 1 is 1.33 bits per heavy atom. The van der Waals surface area contributed by atoms with Gasteiger partial charge in [0.1, 0.15) is 0 Å². The Morgan fingerprint density at radius 2 is 2.04 bits per heavy atom. The lowest BCUT2D eigenvalue weighted by molar-refractivity contribution is -0.384. The van der Waals surface area contributed by atoms with Gasteiger partial charge in [-0.05, 0) is 31.5 Å². The minimum absolute atomic E-state index is 0.0231. The van der Waals surface area contributed by atoms with Gasteiger partial charge < -0.3 is 10.6 Å². The molecule has 0 aliphatic carbocycles. The van der Waals surface area contributed by atoms with Gasteiger partial charge in [0.2, 0.25) is 0 Å². The van der Waals surface area contributed by atoms with Gasteiger partial charge in [0, 0.05) is 18.7 Å². The van der Waals surface area contributed by atoms with E-state index in [9.17, 15) is 14.9 Å². The molecular formula is C15H18N6O3. The predicted molar refractivity (Wildman–Crippen MR) is 85.4 cm³/mol. The monoisotopic (exact) mass is 330 g/mol. The lowest BCUT2D eigenvalue weighted by Crippen LogP contribution is -2.29. The second kappa shape index (κ2) is 7.18. The summed E-state index contributed by atoms with van der Waals surface area (Å²) in [6, 6.07) is 6.33. The Hall–Kier alpha value is -2.81. The van der Waals surface area contributed by atoms with E-state index in [0.29, 0.717) is 0 Å². The molecule has 24 heavy (non-hydrogen) atoms. The summed E-state index contributed by atoms with van der Waals surface area (Å²) in [5.74, 6) is -0.312. The van der Waals surface area contributed by atoms with E-state index >= 15 is 0 Å². The molecule has 1 aliphatic heterocycles. The average molecular weight is 330 g/mol. The van der Waals surface area contributed by atoms with Crippen LogP contribution in [0.1, 0.15) is 34.9 Å². The van der Waals surface area contributed by atoms with Crippen LogP contribution in [0.4, 0.5) is 5.69 Å². The van der Waals surface area contributed by atoms with Crippen molar-refractivity contribution in [3.63, 3.8) is 0 Å². The molecule has 2 N–H and O–H groups in total. The van der Waals surface area contributed by atoms with Crippen molar-refractivity contribution >= 4 is 11.6 Å². The lowest BCUT2D eigenvalue weighted by atomic mass is 10.1. The number of nitro groups is 1. The second-order valence-corrected chi connectivity index (χ2v) is 5.67. The number of hydrogen-bond donors (Lipinski definition) is 2. The fourth-order valence-electron chi connectivity index (χ4n) is 2.64. The third-order valence-corrected chi connectivity index (χ3v) is 4.03. The number of benzene rings is 1.